The van der Waals surface area contributed by atoms with Crippen molar-refractivity contribution in [1.82, 2.24) is 0 Å². The fourth-order valence-corrected chi connectivity index (χ4v) is 1.77. The summed E-state index contributed by atoms with van der Waals surface area (Å²) in [5.74, 6) is -0.463. The van der Waals surface area contributed by atoms with E-state index in [1.54, 1.807) is 0 Å². The summed E-state index contributed by atoms with van der Waals surface area (Å²) in [6, 6.07) is 0. The Morgan fingerprint density at radius 3 is 2.83 bits per heavy atom. The zero-order chi connectivity index (χ0) is 9.19. The van der Waals surface area contributed by atoms with Gasteiger partial charge in [-0.25, -0.2) is 0 Å². The Hall–Kier alpha value is -0.830. The third-order valence-corrected chi connectivity index (χ3v) is 2.82. The maximum Gasteiger partial charge on any atom is 0.303 e. The molecule has 0 amide bonds. The van der Waals surface area contributed by atoms with Crippen LogP contribution in [0.25, 0.3) is 0 Å². The Morgan fingerprint density at radius 2 is 2.50 bits per heavy atom. The number of hydrogen-bond acceptors (Lipinski definition) is 2. The van der Waals surface area contributed by atoms with Gasteiger partial charge in [-0.3, -0.25) is 4.79 Å². The molecular formula is C9H15NO2. The van der Waals surface area contributed by atoms with Crippen LogP contribution in [-0.4, -0.2) is 17.6 Å². The minimum Gasteiger partial charge on any atom is -0.481 e. The fourth-order valence-electron chi connectivity index (χ4n) is 1.77. The molecule has 0 aromatic rings. The van der Waals surface area contributed by atoms with Crippen molar-refractivity contribution in [3.05, 3.63) is 12.2 Å². The number of hydrogen-bond donors (Lipinski definition) is 2. The lowest BCUT2D eigenvalue weighted by Crippen LogP contribution is -2.35. The highest BCUT2D eigenvalue weighted by Crippen LogP contribution is 2.40. The van der Waals surface area contributed by atoms with Crippen molar-refractivity contribution in [2.24, 2.45) is 17.1 Å². The van der Waals surface area contributed by atoms with E-state index in [1.165, 1.54) is 0 Å². The molecule has 0 aromatic carbocycles. The molecule has 1 aliphatic rings. The highest BCUT2D eigenvalue weighted by Gasteiger charge is 2.37. The lowest BCUT2D eigenvalue weighted by molar-refractivity contribution is -0.140. The summed E-state index contributed by atoms with van der Waals surface area (Å²) in [7, 11) is 0. The Bertz CT molecular complexity index is 213. The van der Waals surface area contributed by atoms with Gasteiger partial charge in [0.05, 0.1) is 6.42 Å². The molecule has 0 radical (unpaired) electrons. The smallest absolute Gasteiger partial charge is 0.303 e. The van der Waals surface area contributed by atoms with E-state index in [0.29, 0.717) is 12.5 Å². The lowest BCUT2D eigenvalue weighted by Gasteiger charge is -2.30. The normalized spacial score (nSPS) is 34.0. The van der Waals surface area contributed by atoms with Gasteiger partial charge >= 0.3 is 5.97 Å². The predicted molar refractivity (Wildman–Crippen MR) is 46.7 cm³/mol. The first-order valence-corrected chi connectivity index (χ1v) is 4.19. The average Bonchev–Trinajstić information content (AvgIpc) is 2.32. The van der Waals surface area contributed by atoms with Crippen molar-refractivity contribution in [2.45, 2.75) is 19.8 Å². The summed E-state index contributed by atoms with van der Waals surface area (Å²) in [5, 5.41) is 8.70. The van der Waals surface area contributed by atoms with Crippen LogP contribution in [0.4, 0.5) is 0 Å². The molecule has 0 bridgehead atoms. The van der Waals surface area contributed by atoms with Gasteiger partial charge in [-0.2, -0.15) is 0 Å². The first-order chi connectivity index (χ1) is 5.60. The van der Waals surface area contributed by atoms with Crippen LogP contribution in [0.1, 0.15) is 19.8 Å². The second-order valence-corrected chi connectivity index (χ2v) is 3.56. The number of carbonyl (C=O) groups is 1. The van der Waals surface area contributed by atoms with Crippen molar-refractivity contribution in [1.29, 1.82) is 0 Å². The van der Waals surface area contributed by atoms with Gasteiger partial charge in [-0.15, -0.1) is 0 Å². The van der Waals surface area contributed by atoms with Crippen molar-refractivity contribution in [2.75, 3.05) is 6.54 Å². The molecule has 0 spiro atoms. The van der Waals surface area contributed by atoms with Gasteiger partial charge in [-0.05, 0) is 18.9 Å². The molecule has 0 heterocycles. The SMILES string of the molecule is C[C@@H]1C=CC[C@]1(CN)CC(=O)O. The van der Waals surface area contributed by atoms with Crippen LogP contribution in [0.3, 0.4) is 0 Å². The molecule has 2 atom stereocenters. The van der Waals surface area contributed by atoms with Gasteiger partial charge < -0.3 is 10.8 Å². The molecule has 3 N–H and O–H groups in total. The van der Waals surface area contributed by atoms with Gasteiger partial charge in [0.15, 0.2) is 0 Å². The van der Waals surface area contributed by atoms with Gasteiger partial charge in [-0.1, -0.05) is 19.1 Å². The van der Waals surface area contributed by atoms with Gasteiger partial charge in [0.2, 0.25) is 0 Å². The van der Waals surface area contributed by atoms with Crippen molar-refractivity contribution in [3.63, 3.8) is 0 Å². The van der Waals surface area contributed by atoms with Crippen LogP contribution < -0.4 is 5.73 Å². The summed E-state index contributed by atoms with van der Waals surface area (Å²) in [6.45, 7) is 2.48. The van der Waals surface area contributed by atoms with Crippen LogP contribution >= 0.6 is 0 Å². The summed E-state index contributed by atoms with van der Waals surface area (Å²) >= 11 is 0. The molecule has 3 heteroatoms. The van der Waals surface area contributed by atoms with Crippen LogP contribution in [-0.2, 0) is 4.79 Å². The molecule has 0 aliphatic heterocycles. The molecule has 1 aliphatic carbocycles. The molecule has 12 heavy (non-hydrogen) atoms. The van der Waals surface area contributed by atoms with E-state index in [4.69, 9.17) is 10.8 Å². The maximum absolute atomic E-state index is 10.6. The minimum atomic E-state index is -0.754. The lowest BCUT2D eigenvalue weighted by atomic mass is 9.75. The second kappa shape index (κ2) is 3.27. The third kappa shape index (κ3) is 1.50. The first kappa shape index (κ1) is 9.26. The Morgan fingerprint density at radius 1 is 1.83 bits per heavy atom. The Kier molecular flexibility index (Phi) is 2.52. The van der Waals surface area contributed by atoms with E-state index in [1.807, 2.05) is 13.0 Å². The number of carboxylic acids is 1. The van der Waals surface area contributed by atoms with E-state index >= 15 is 0 Å². The van der Waals surface area contributed by atoms with Gasteiger partial charge in [0.25, 0.3) is 0 Å². The molecule has 0 saturated heterocycles. The summed E-state index contributed by atoms with van der Waals surface area (Å²) in [6.07, 6.45) is 5.06. The van der Waals surface area contributed by atoms with Crippen molar-refractivity contribution >= 4 is 5.97 Å². The molecule has 3 nitrogen and oxygen atoms in total. The Labute approximate surface area is 72.3 Å². The zero-order valence-electron chi connectivity index (χ0n) is 7.29. The third-order valence-electron chi connectivity index (χ3n) is 2.82. The highest BCUT2D eigenvalue weighted by molar-refractivity contribution is 5.68. The second-order valence-electron chi connectivity index (χ2n) is 3.56. The largest absolute Gasteiger partial charge is 0.481 e. The molecule has 0 fully saturated rings. The Balaban J connectivity index is 2.70. The fraction of sp³-hybridized carbons (Fsp3) is 0.667. The van der Waals surface area contributed by atoms with Crippen molar-refractivity contribution in [3.8, 4) is 0 Å². The monoisotopic (exact) mass is 169 g/mol. The summed E-state index contributed by atoms with van der Waals surface area (Å²) in [5.41, 5.74) is 5.39. The van der Waals surface area contributed by atoms with Gasteiger partial charge in [0, 0.05) is 5.41 Å². The molecular weight excluding hydrogens is 154 g/mol. The zero-order valence-corrected chi connectivity index (χ0v) is 7.29. The van der Waals surface area contributed by atoms with E-state index in [2.05, 4.69) is 6.08 Å². The van der Waals surface area contributed by atoms with Crippen molar-refractivity contribution < 1.29 is 9.90 Å². The topological polar surface area (TPSA) is 63.3 Å². The minimum absolute atomic E-state index is 0.178. The number of carboxylic acid groups (broad SMARTS) is 1. The maximum atomic E-state index is 10.6. The van der Waals surface area contributed by atoms with Crippen LogP contribution in [0.5, 0.6) is 0 Å². The number of aliphatic carboxylic acids is 1. The number of allylic oxidation sites excluding steroid dienone is 2. The average molecular weight is 169 g/mol. The van der Waals surface area contributed by atoms with E-state index in [9.17, 15) is 4.79 Å². The molecule has 68 valence electrons. The summed E-state index contributed by atoms with van der Waals surface area (Å²) in [4.78, 5) is 10.6. The van der Waals surface area contributed by atoms with Crippen LogP contribution in [0.2, 0.25) is 0 Å². The molecule has 0 unspecified atom stereocenters. The standard InChI is InChI=1S/C9H15NO2/c1-7-3-2-4-9(7,6-10)5-8(11)12/h2-3,7H,4-6,10H2,1H3,(H,11,12)/t7-,9-/m1/s1. The number of nitrogens with two attached hydrogens (primary N) is 1. The molecule has 0 aromatic heterocycles. The van der Waals surface area contributed by atoms with Crippen LogP contribution in [0, 0.1) is 11.3 Å². The van der Waals surface area contributed by atoms with E-state index < -0.39 is 5.97 Å². The van der Waals surface area contributed by atoms with E-state index in [-0.39, 0.29) is 11.8 Å². The quantitative estimate of drug-likeness (QED) is 0.619. The highest BCUT2D eigenvalue weighted by atomic mass is 16.4. The first-order valence-electron chi connectivity index (χ1n) is 4.19. The van der Waals surface area contributed by atoms with Crippen LogP contribution in [0.15, 0.2) is 12.2 Å². The molecule has 0 saturated carbocycles. The molecule has 1 rings (SSSR count). The number of rotatable bonds is 3. The summed E-state index contributed by atoms with van der Waals surface area (Å²) < 4.78 is 0. The van der Waals surface area contributed by atoms with E-state index in [0.717, 1.165) is 6.42 Å². The van der Waals surface area contributed by atoms with Gasteiger partial charge in [0.1, 0.15) is 0 Å². The predicted octanol–water partition coefficient (Wildman–Crippen LogP) is 1.00.